The maximum Gasteiger partial charge on any atom is 0.322 e. The van der Waals surface area contributed by atoms with Gasteiger partial charge < -0.3 is 9.29 Å². The average Bonchev–Trinajstić information content (AvgIpc) is 2.40. The minimum Gasteiger partial charge on any atom is -0.395 e. The monoisotopic (exact) mass is 322 g/mol. The third-order valence-corrected chi connectivity index (χ3v) is 4.42. The lowest BCUT2D eigenvalue weighted by Gasteiger charge is -2.04. The Morgan fingerprint density at radius 3 is 1.86 bits per heavy atom. The molecule has 126 valence electrons. The van der Waals surface area contributed by atoms with Crippen molar-refractivity contribution in [3.05, 3.63) is 0 Å². The van der Waals surface area contributed by atoms with Gasteiger partial charge in [0.1, 0.15) is 5.75 Å². The molecule has 0 fully saturated rings. The van der Waals surface area contributed by atoms with Crippen LogP contribution in [0.4, 0.5) is 0 Å². The van der Waals surface area contributed by atoms with Gasteiger partial charge >= 0.3 is 16.1 Å². The smallest absolute Gasteiger partial charge is 0.322 e. The van der Waals surface area contributed by atoms with E-state index in [1.165, 1.54) is 44.9 Å². The minimum atomic E-state index is -3.89. The lowest BCUT2D eigenvalue weighted by Crippen LogP contribution is -2.17. The fourth-order valence-corrected chi connectivity index (χ4v) is 2.77. The summed E-state index contributed by atoms with van der Waals surface area (Å²) in [7, 11) is -3.89. The standard InChI is InChI=1S/C15H30O5S/c1-2-3-4-5-6-7-8-9-10-11-12-15(17)20-21(18,19)14-13-16/h16H,2-14H2,1H3. The van der Waals surface area contributed by atoms with Gasteiger partial charge in [-0.05, 0) is 6.42 Å². The van der Waals surface area contributed by atoms with Crippen molar-refractivity contribution in [2.24, 2.45) is 0 Å². The Morgan fingerprint density at radius 2 is 1.38 bits per heavy atom. The number of hydrogen-bond acceptors (Lipinski definition) is 5. The van der Waals surface area contributed by atoms with E-state index in [2.05, 4.69) is 11.1 Å². The molecule has 0 aliphatic carbocycles. The van der Waals surface area contributed by atoms with Crippen molar-refractivity contribution >= 4 is 16.1 Å². The summed E-state index contributed by atoms with van der Waals surface area (Å²) in [5.41, 5.74) is 0. The summed E-state index contributed by atoms with van der Waals surface area (Å²) in [5.74, 6) is -1.25. The predicted molar refractivity (Wildman–Crippen MR) is 83.4 cm³/mol. The first-order valence-corrected chi connectivity index (χ1v) is 9.65. The van der Waals surface area contributed by atoms with Crippen LogP contribution < -0.4 is 0 Å². The Hall–Kier alpha value is -0.620. The highest BCUT2D eigenvalue weighted by atomic mass is 32.2. The summed E-state index contributed by atoms with van der Waals surface area (Å²) in [6.07, 6.45) is 11.7. The first kappa shape index (κ1) is 20.4. The first-order chi connectivity index (χ1) is 10.0. The highest BCUT2D eigenvalue weighted by Crippen LogP contribution is 2.11. The Kier molecular flexibility index (Phi) is 12.7. The van der Waals surface area contributed by atoms with Gasteiger partial charge in [-0.1, -0.05) is 64.7 Å². The second kappa shape index (κ2) is 13.1. The highest BCUT2D eigenvalue weighted by Gasteiger charge is 2.15. The minimum absolute atomic E-state index is 0.126. The second-order valence-electron chi connectivity index (χ2n) is 5.37. The molecule has 0 heterocycles. The molecule has 0 aromatic carbocycles. The Labute approximate surface area is 129 Å². The Morgan fingerprint density at radius 1 is 0.905 bits per heavy atom. The molecule has 5 nitrogen and oxygen atoms in total. The van der Waals surface area contributed by atoms with Gasteiger partial charge in [-0.15, -0.1) is 0 Å². The van der Waals surface area contributed by atoms with E-state index in [1.54, 1.807) is 0 Å². The van der Waals surface area contributed by atoms with Crippen LogP contribution in [0.2, 0.25) is 0 Å². The number of hydrogen-bond donors (Lipinski definition) is 1. The molecular weight excluding hydrogens is 292 g/mol. The second-order valence-corrected chi connectivity index (χ2v) is 7.06. The van der Waals surface area contributed by atoms with E-state index >= 15 is 0 Å². The Balaban J connectivity index is 3.41. The number of carbonyl (C=O) groups is 1. The maximum atomic E-state index is 11.3. The summed E-state index contributed by atoms with van der Waals surface area (Å²) in [6.45, 7) is 1.67. The van der Waals surface area contributed by atoms with E-state index in [1.807, 2.05) is 0 Å². The highest BCUT2D eigenvalue weighted by molar-refractivity contribution is 7.87. The fraction of sp³-hybridized carbons (Fsp3) is 0.933. The van der Waals surface area contributed by atoms with E-state index in [0.717, 1.165) is 12.8 Å². The van der Waals surface area contributed by atoms with Crippen molar-refractivity contribution in [2.45, 2.75) is 77.6 Å². The summed E-state index contributed by atoms with van der Waals surface area (Å²) < 4.78 is 26.6. The third kappa shape index (κ3) is 14.1. The summed E-state index contributed by atoms with van der Waals surface area (Å²) in [6, 6.07) is 0. The SMILES string of the molecule is CCCCCCCCCCCCC(=O)OS(=O)(=O)CCO. The zero-order valence-corrected chi connectivity index (χ0v) is 14.0. The van der Waals surface area contributed by atoms with E-state index in [4.69, 9.17) is 5.11 Å². The van der Waals surface area contributed by atoms with Crippen molar-refractivity contribution in [3.63, 3.8) is 0 Å². The number of aliphatic hydroxyl groups is 1. The van der Waals surface area contributed by atoms with Crippen LogP contribution in [0.5, 0.6) is 0 Å². The molecule has 0 aromatic heterocycles. The molecule has 21 heavy (non-hydrogen) atoms. The Bertz CT molecular complexity index is 351. The zero-order valence-electron chi connectivity index (χ0n) is 13.2. The van der Waals surface area contributed by atoms with E-state index < -0.39 is 28.4 Å². The van der Waals surface area contributed by atoms with Gasteiger partial charge in [-0.25, -0.2) is 0 Å². The predicted octanol–water partition coefficient (Wildman–Crippen LogP) is 3.16. The molecule has 0 rings (SSSR count). The topological polar surface area (TPSA) is 80.7 Å². The number of aliphatic hydroxyl groups excluding tert-OH is 1. The molecule has 6 heteroatoms. The van der Waals surface area contributed by atoms with Crippen molar-refractivity contribution in [2.75, 3.05) is 12.4 Å². The van der Waals surface area contributed by atoms with Crippen molar-refractivity contribution in [3.8, 4) is 0 Å². The number of carbonyl (C=O) groups excluding carboxylic acids is 1. The van der Waals surface area contributed by atoms with Crippen LogP contribution in [0.3, 0.4) is 0 Å². The van der Waals surface area contributed by atoms with Gasteiger partial charge in [0.05, 0.1) is 6.61 Å². The van der Waals surface area contributed by atoms with Crippen LogP contribution in [-0.4, -0.2) is 31.9 Å². The zero-order chi connectivity index (χ0) is 16.0. The number of rotatable bonds is 14. The van der Waals surface area contributed by atoms with E-state index in [-0.39, 0.29) is 6.42 Å². The van der Waals surface area contributed by atoms with Crippen molar-refractivity contribution < 1.29 is 22.5 Å². The molecule has 0 amide bonds. The average molecular weight is 322 g/mol. The lowest BCUT2D eigenvalue weighted by molar-refractivity contribution is -0.133. The molecule has 0 aliphatic rings. The van der Waals surface area contributed by atoms with Gasteiger partial charge in [-0.3, -0.25) is 4.79 Å². The van der Waals surface area contributed by atoms with Crippen LogP contribution >= 0.6 is 0 Å². The van der Waals surface area contributed by atoms with Gasteiger partial charge in [0.25, 0.3) is 0 Å². The number of unbranched alkanes of at least 4 members (excludes halogenated alkanes) is 9. The molecule has 0 unspecified atom stereocenters. The van der Waals surface area contributed by atoms with Crippen LogP contribution in [0, 0.1) is 0 Å². The molecule has 0 bridgehead atoms. The normalized spacial score (nSPS) is 11.5. The van der Waals surface area contributed by atoms with Gasteiger partial charge in [0.15, 0.2) is 0 Å². The fourth-order valence-electron chi connectivity index (χ4n) is 2.09. The van der Waals surface area contributed by atoms with E-state index in [0.29, 0.717) is 6.42 Å². The molecule has 0 atom stereocenters. The van der Waals surface area contributed by atoms with Crippen LogP contribution in [0.15, 0.2) is 0 Å². The molecular formula is C15H30O5S. The largest absolute Gasteiger partial charge is 0.395 e. The van der Waals surface area contributed by atoms with E-state index in [9.17, 15) is 13.2 Å². The summed E-state index contributed by atoms with van der Waals surface area (Å²) in [5, 5.41) is 8.51. The maximum absolute atomic E-state index is 11.3. The molecule has 1 N–H and O–H groups in total. The lowest BCUT2D eigenvalue weighted by atomic mass is 10.1. The van der Waals surface area contributed by atoms with Crippen molar-refractivity contribution in [1.29, 1.82) is 0 Å². The summed E-state index contributed by atoms with van der Waals surface area (Å²) in [4.78, 5) is 11.3. The molecule has 0 aliphatic heterocycles. The van der Waals surface area contributed by atoms with Crippen LogP contribution in [0.1, 0.15) is 77.6 Å². The van der Waals surface area contributed by atoms with Gasteiger partial charge in [0, 0.05) is 6.42 Å². The molecule has 0 radical (unpaired) electrons. The van der Waals surface area contributed by atoms with Crippen molar-refractivity contribution in [1.82, 2.24) is 0 Å². The molecule has 0 spiro atoms. The van der Waals surface area contributed by atoms with Gasteiger partial charge in [0.2, 0.25) is 0 Å². The third-order valence-electron chi connectivity index (χ3n) is 3.30. The molecule has 0 saturated heterocycles. The quantitative estimate of drug-likeness (QED) is 0.392. The van der Waals surface area contributed by atoms with Gasteiger partial charge in [-0.2, -0.15) is 8.42 Å². The first-order valence-electron chi connectivity index (χ1n) is 8.07. The van der Waals surface area contributed by atoms with Crippen LogP contribution in [0.25, 0.3) is 0 Å². The molecule has 0 aromatic rings. The van der Waals surface area contributed by atoms with Crippen LogP contribution in [-0.2, 0) is 19.1 Å². The molecule has 0 saturated carbocycles. The summed E-state index contributed by atoms with van der Waals surface area (Å²) >= 11 is 0.